The molecule has 2 rings (SSSR count). The normalized spacial score (nSPS) is 12.4. The number of aliphatic hydroxyl groups excluding tert-OH is 1. The molecule has 0 spiro atoms. The average Bonchev–Trinajstić information content (AvgIpc) is 2.73. The molecule has 0 fully saturated rings. The number of nitrogens with zero attached hydrogens (tertiary/aromatic N) is 2. The zero-order chi connectivity index (χ0) is 13.0. The van der Waals surface area contributed by atoms with Crippen LogP contribution in [0.2, 0.25) is 0 Å². The SMILES string of the molecule is CC(O)Cc1ccc(OCc2nccn2C)cc1. The molecule has 0 bridgehead atoms. The van der Waals surface area contributed by atoms with Crippen LogP contribution in [0.3, 0.4) is 0 Å². The molecule has 4 nitrogen and oxygen atoms in total. The van der Waals surface area contributed by atoms with Gasteiger partial charge in [0, 0.05) is 19.4 Å². The molecule has 2 aromatic rings. The van der Waals surface area contributed by atoms with E-state index in [0.717, 1.165) is 17.1 Å². The summed E-state index contributed by atoms with van der Waals surface area (Å²) in [5.74, 6) is 1.70. The van der Waals surface area contributed by atoms with E-state index in [2.05, 4.69) is 4.98 Å². The lowest BCUT2D eigenvalue weighted by Crippen LogP contribution is -2.05. The molecule has 0 radical (unpaired) electrons. The number of aromatic nitrogens is 2. The van der Waals surface area contributed by atoms with Crippen LogP contribution >= 0.6 is 0 Å². The maximum atomic E-state index is 9.29. The molecule has 1 heterocycles. The van der Waals surface area contributed by atoms with Gasteiger partial charge in [0.25, 0.3) is 0 Å². The third-order valence-electron chi connectivity index (χ3n) is 2.74. The van der Waals surface area contributed by atoms with Crippen molar-refractivity contribution >= 4 is 0 Å². The summed E-state index contributed by atoms with van der Waals surface area (Å²) in [6.45, 7) is 2.24. The number of hydrogen-bond donors (Lipinski definition) is 1. The van der Waals surface area contributed by atoms with Crippen LogP contribution in [0.1, 0.15) is 18.3 Å². The Kier molecular flexibility index (Phi) is 3.99. The maximum Gasteiger partial charge on any atom is 0.146 e. The predicted molar refractivity (Wildman–Crippen MR) is 69.4 cm³/mol. The zero-order valence-corrected chi connectivity index (χ0v) is 10.7. The van der Waals surface area contributed by atoms with E-state index in [1.165, 1.54) is 0 Å². The fraction of sp³-hybridized carbons (Fsp3) is 0.357. The lowest BCUT2D eigenvalue weighted by Gasteiger charge is -2.08. The molecule has 1 atom stereocenters. The van der Waals surface area contributed by atoms with Gasteiger partial charge in [-0.1, -0.05) is 12.1 Å². The first-order chi connectivity index (χ1) is 8.65. The lowest BCUT2D eigenvalue weighted by molar-refractivity contribution is 0.195. The molecule has 1 aromatic carbocycles. The standard InChI is InChI=1S/C14H18N2O2/c1-11(17)9-12-3-5-13(6-4-12)18-10-14-15-7-8-16(14)2/h3-8,11,17H,9-10H2,1-2H3. The maximum absolute atomic E-state index is 9.29. The van der Waals surface area contributed by atoms with Crippen molar-refractivity contribution in [2.45, 2.75) is 26.1 Å². The molecule has 0 aliphatic rings. The first-order valence-corrected chi connectivity index (χ1v) is 6.01. The van der Waals surface area contributed by atoms with Gasteiger partial charge in [0.1, 0.15) is 18.2 Å². The second-order valence-electron chi connectivity index (χ2n) is 4.44. The zero-order valence-electron chi connectivity index (χ0n) is 10.7. The molecule has 0 amide bonds. The predicted octanol–water partition coefficient (Wildman–Crippen LogP) is 1.92. The van der Waals surface area contributed by atoms with Crippen molar-refractivity contribution in [3.05, 3.63) is 48.0 Å². The van der Waals surface area contributed by atoms with Crippen molar-refractivity contribution in [1.29, 1.82) is 0 Å². The van der Waals surface area contributed by atoms with Gasteiger partial charge in [-0.05, 0) is 31.0 Å². The monoisotopic (exact) mass is 246 g/mol. The molecule has 1 N–H and O–H groups in total. The van der Waals surface area contributed by atoms with E-state index in [4.69, 9.17) is 4.74 Å². The summed E-state index contributed by atoms with van der Waals surface area (Å²) in [6, 6.07) is 7.78. The Morgan fingerprint density at radius 1 is 1.33 bits per heavy atom. The van der Waals surface area contributed by atoms with Gasteiger partial charge >= 0.3 is 0 Å². The second-order valence-corrected chi connectivity index (χ2v) is 4.44. The van der Waals surface area contributed by atoms with Crippen LogP contribution < -0.4 is 4.74 Å². The van der Waals surface area contributed by atoms with Crippen molar-refractivity contribution in [1.82, 2.24) is 9.55 Å². The average molecular weight is 246 g/mol. The van der Waals surface area contributed by atoms with Crippen LogP contribution in [0.4, 0.5) is 0 Å². The fourth-order valence-corrected chi connectivity index (χ4v) is 1.75. The van der Waals surface area contributed by atoms with Gasteiger partial charge in [-0.25, -0.2) is 4.98 Å². The van der Waals surface area contributed by atoms with Crippen molar-refractivity contribution in [3.63, 3.8) is 0 Å². The van der Waals surface area contributed by atoms with Crippen LogP contribution in [0.25, 0.3) is 0 Å². The van der Waals surface area contributed by atoms with E-state index in [-0.39, 0.29) is 6.10 Å². The second kappa shape index (κ2) is 5.69. The highest BCUT2D eigenvalue weighted by molar-refractivity contribution is 5.27. The van der Waals surface area contributed by atoms with Gasteiger partial charge in [0.2, 0.25) is 0 Å². The van der Waals surface area contributed by atoms with E-state index < -0.39 is 0 Å². The Labute approximate surface area is 107 Å². The van der Waals surface area contributed by atoms with Gasteiger partial charge in [-0.2, -0.15) is 0 Å². The highest BCUT2D eigenvalue weighted by atomic mass is 16.5. The number of rotatable bonds is 5. The summed E-state index contributed by atoms with van der Waals surface area (Å²) in [6.07, 6.45) is 4.00. The quantitative estimate of drug-likeness (QED) is 0.876. The minimum Gasteiger partial charge on any atom is -0.486 e. The summed E-state index contributed by atoms with van der Waals surface area (Å²) in [7, 11) is 1.94. The Bertz CT molecular complexity index is 489. The Balaban J connectivity index is 1.92. The minimum atomic E-state index is -0.315. The first kappa shape index (κ1) is 12.6. The van der Waals surface area contributed by atoms with E-state index >= 15 is 0 Å². The van der Waals surface area contributed by atoms with Crippen molar-refractivity contribution in [2.75, 3.05) is 0 Å². The largest absolute Gasteiger partial charge is 0.486 e. The van der Waals surface area contributed by atoms with Gasteiger partial charge in [0.15, 0.2) is 0 Å². The molecule has 0 saturated carbocycles. The van der Waals surface area contributed by atoms with Gasteiger partial charge in [-0.15, -0.1) is 0 Å². The Morgan fingerprint density at radius 3 is 2.61 bits per heavy atom. The number of aryl methyl sites for hydroxylation is 1. The van der Waals surface area contributed by atoms with Gasteiger partial charge in [0.05, 0.1) is 6.10 Å². The number of hydrogen-bond acceptors (Lipinski definition) is 3. The van der Waals surface area contributed by atoms with Crippen LogP contribution in [-0.4, -0.2) is 20.8 Å². The molecular weight excluding hydrogens is 228 g/mol. The third-order valence-corrected chi connectivity index (χ3v) is 2.74. The van der Waals surface area contributed by atoms with Crippen LogP contribution in [0.15, 0.2) is 36.7 Å². The van der Waals surface area contributed by atoms with Gasteiger partial charge in [-0.3, -0.25) is 0 Å². The van der Waals surface area contributed by atoms with Crippen molar-refractivity contribution < 1.29 is 9.84 Å². The molecule has 4 heteroatoms. The molecule has 0 saturated heterocycles. The van der Waals surface area contributed by atoms with Crippen LogP contribution in [-0.2, 0) is 20.1 Å². The molecule has 1 unspecified atom stereocenters. The van der Waals surface area contributed by atoms with Crippen LogP contribution in [0, 0.1) is 0 Å². The molecule has 0 aliphatic carbocycles. The number of benzene rings is 1. The number of ether oxygens (including phenoxy) is 1. The summed E-state index contributed by atoms with van der Waals surface area (Å²) in [4.78, 5) is 4.19. The summed E-state index contributed by atoms with van der Waals surface area (Å²) in [5, 5.41) is 9.29. The van der Waals surface area contributed by atoms with Gasteiger partial charge < -0.3 is 14.4 Å². The summed E-state index contributed by atoms with van der Waals surface area (Å²) >= 11 is 0. The Morgan fingerprint density at radius 2 is 2.06 bits per heavy atom. The van der Waals surface area contributed by atoms with E-state index in [1.54, 1.807) is 13.1 Å². The first-order valence-electron chi connectivity index (χ1n) is 6.01. The third kappa shape index (κ3) is 3.34. The fourth-order valence-electron chi connectivity index (χ4n) is 1.75. The molecule has 18 heavy (non-hydrogen) atoms. The van der Waals surface area contributed by atoms with E-state index in [1.807, 2.05) is 42.1 Å². The van der Waals surface area contributed by atoms with Crippen LogP contribution in [0.5, 0.6) is 5.75 Å². The summed E-state index contributed by atoms with van der Waals surface area (Å²) < 4.78 is 7.58. The Hall–Kier alpha value is -1.81. The van der Waals surface area contributed by atoms with Crippen molar-refractivity contribution in [3.8, 4) is 5.75 Å². The van der Waals surface area contributed by atoms with E-state index in [0.29, 0.717) is 13.0 Å². The highest BCUT2D eigenvalue weighted by Gasteiger charge is 2.02. The number of aliphatic hydroxyl groups is 1. The highest BCUT2D eigenvalue weighted by Crippen LogP contribution is 2.14. The molecule has 96 valence electrons. The number of imidazole rings is 1. The lowest BCUT2D eigenvalue weighted by atomic mass is 10.1. The molecule has 0 aliphatic heterocycles. The topological polar surface area (TPSA) is 47.3 Å². The minimum absolute atomic E-state index is 0.315. The smallest absolute Gasteiger partial charge is 0.146 e. The summed E-state index contributed by atoms with van der Waals surface area (Å²) in [5.41, 5.74) is 1.11. The molecular formula is C14H18N2O2. The van der Waals surface area contributed by atoms with Crippen molar-refractivity contribution in [2.24, 2.45) is 7.05 Å². The van der Waals surface area contributed by atoms with E-state index in [9.17, 15) is 5.11 Å². The molecule has 1 aromatic heterocycles.